The van der Waals surface area contributed by atoms with Gasteiger partial charge < -0.3 is 9.57 Å². The molecular formula is C14H15NO3. The van der Waals surface area contributed by atoms with Gasteiger partial charge in [-0.05, 0) is 36.2 Å². The summed E-state index contributed by atoms with van der Waals surface area (Å²) in [4.78, 5) is 16.4. The van der Waals surface area contributed by atoms with E-state index in [1.165, 1.54) is 4.73 Å². The van der Waals surface area contributed by atoms with Crippen molar-refractivity contribution in [3.63, 3.8) is 0 Å². The van der Waals surface area contributed by atoms with Gasteiger partial charge in [-0.2, -0.15) is 4.73 Å². The van der Waals surface area contributed by atoms with Crippen LogP contribution in [0.1, 0.15) is 21.6 Å². The van der Waals surface area contributed by atoms with Crippen molar-refractivity contribution in [1.29, 1.82) is 0 Å². The Balaban J connectivity index is 2.04. The monoisotopic (exact) mass is 245 g/mol. The van der Waals surface area contributed by atoms with Gasteiger partial charge in [0.25, 0.3) is 0 Å². The molecule has 2 aromatic rings. The molecule has 0 N–H and O–H groups in total. The first kappa shape index (κ1) is 12.2. The molecular weight excluding hydrogens is 230 g/mol. The number of ether oxygens (including phenoxy) is 1. The Kier molecular flexibility index (Phi) is 3.67. The molecule has 0 saturated heterocycles. The molecule has 0 unspecified atom stereocenters. The smallest absolute Gasteiger partial charge is 0.170 e. The number of rotatable bonds is 5. The first-order valence-electron chi connectivity index (χ1n) is 5.64. The van der Waals surface area contributed by atoms with Crippen molar-refractivity contribution in [1.82, 2.24) is 4.73 Å². The number of aldehydes is 1. The number of nitrogens with zero attached hydrogens (tertiary/aromatic N) is 1. The van der Waals surface area contributed by atoms with Crippen LogP contribution in [-0.4, -0.2) is 18.1 Å². The van der Waals surface area contributed by atoms with E-state index in [1.807, 2.05) is 37.3 Å². The van der Waals surface area contributed by atoms with Gasteiger partial charge in [-0.3, -0.25) is 4.79 Å². The average Bonchev–Trinajstić information content (AvgIpc) is 2.77. The molecule has 4 nitrogen and oxygen atoms in total. The molecule has 2 rings (SSSR count). The van der Waals surface area contributed by atoms with Crippen LogP contribution < -0.4 is 9.57 Å². The first-order chi connectivity index (χ1) is 8.74. The van der Waals surface area contributed by atoms with Gasteiger partial charge in [0.2, 0.25) is 0 Å². The Hall–Kier alpha value is -2.23. The van der Waals surface area contributed by atoms with E-state index in [2.05, 4.69) is 0 Å². The third-order valence-electron chi connectivity index (χ3n) is 2.74. The SMILES string of the molecule is COc1ccc(COn2ccc(C)c2C=O)cc1. The average molecular weight is 245 g/mol. The van der Waals surface area contributed by atoms with E-state index < -0.39 is 0 Å². The summed E-state index contributed by atoms with van der Waals surface area (Å²) >= 11 is 0. The lowest BCUT2D eigenvalue weighted by Crippen LogP contribution is -2.13. The number of aryl methyl sites for hydroxylation is 1. The summed E-state index contributed by atoms with van der Waals surface area (Å²) in [7, 11) is 1.63. The molecule has 1 aromatic heterocycles. The van der Waals surface area contributed by atoms with Crippen molar-refractivity contribution in [3.05, 3.63) is 53.3 Å². The van der Waals surface area contributed by atoms with Gasteiger partial charge in [-0.25, -0.2) is 0 Å². The Labute approximate surface area is 106 Å². The lowest BCUT2D eigenvalue weighted by Gasteiger charge is -2.09. The number of hydrogen-bond donors (Lipinski definition) is 0. The Morgan fingerprint density at radius 2 is 1.94 bits per heavy atom. The second kappa shape index (κ2) is 5.40. The molecule has 18 heavy (non-hydrogen) atoms. The first-order valence-corrected chi connectivity index (χ1v) is 5.64. The van der Waals surface area contributed by atoms with Gasteiger partial charge >= 0.3 is 0 Å². The minimum Gasteiger partial charge on any atom is -0.497 e. The van der Waals surface area contributed by atoms with E-state index in [0.717, 1.165) is 23.2 Å². The van der Waals surface area contributed by atoms with Crippen molar-refractivity contribution in [2.45, 2.75) is 13.5 Å². The fourth-order valence-electron chi connectivity index (χ4n) is 1.64. The van der Waals surface area contributed by atoms with Crippen molar-refractivity contribution in [2.24, 2.45) is 0 Å². The van der Waals surface area contributed by atoms with E-state index in [4.69, 9.17) is 9.57 Å². The fraction of sp³-hybridized carbons (Fsp3) is 0.214. The van der Waals surface area contributed by atoms with Gasteiger partial charge in [0, 0.05) is 6.20 Å². The molecule has 0 aliphatic heterocycles. The van der Waals surface area contributed by atoms with Crippen molar-refractivity contribution < 1.29 is 14.4 Å². The summed E-state index contributed by atoms with van der Waals surface area (Å²) in [6.07, 6.45) is 2.53. The van der Waals surface area contributed by atoms with Crippen molar-refractivity contribution in [3.8, 4) is 5.75 Å². The van der Waals surface area contributed by atoms with E-state index in [9.17, 15) is 4.79 Å². The molecule has 0 saturated carbocycles. The molecule has 0 amide bonds. The van der Waals surface area contributed by atoms with Crippen molar-refractivity contribution >= 4 is 6.29 Å². The minimum atomic E-state index is 0.402. The number of methoxy groups -OCH3 is 1. The normalized spacial score (nSPS) is 10.1. The molecule has 0 spiro atoms. The van der Waals surface area contributed by atoms with Crippen molar-refractivity contribution in [2.75, 3.05) is 7.11 Å². The van der Waals surface area contributed by atoms with Gasteiger partial charge in [0.05, 0.1) is 7.11 Å². The number of carbonyl (C=O) groups is 1. The highest BCUT2D eigenvalue weighted by Gasteiger charge is 2.05. The molecule has 1 aromatic carbocycles. The van der Waals surface area contributed by atoms with Crippen LogP contribution in [0.4, 0.5) is 0 Å². The predicted octanol–water partition coefficient (Wildman–Crippen LogP) is 2.25. The topological polar surface area (TPSA) is 40.5 Å². The number of carbonyl (C=O) groups excluding carboxylic acids is 1. The lowest BCUT2D eigenvalue weighted by molar-refractivity contribution is 0.0857. The van der Waals surface area contributed by atoms with Crippen LogP contribution in [-0.2, 0) is 6.61 Å². The van der Waals surface area contributed by atoms with Crippen LogP contribution in [0.3, 0.4) is 0 Å². The molecule has 1 heterocycles. The number of aromatic nitrogens is 1. The maximum atomic E-state index is 10.9. The Bertz CT molecular complexity index is 528. The molecule has 0 atom stereocenters. The van der Waals surface area contributed by atoms with Gasteiger partial charge in [-0.15, -0.1) is 0 Å². The molecule has 4 heteroatoms. The van der Waals surface area contributed by atoms with E-state index in [-0.39, 0.29) is 0 Å². The number of hydrogen-bond acceptors (Lipinski definition) is 3. The van der Waals surface area contributed by atoms with Crippen LogP contribution >= 0.6 is 0 Å². The zero-order valence-electron chi connectivity index (χ0n) is 10.4. The van der Waals surface area contributed by atoms with E-state index in [1.54, 1.807) is 13.3 Å². The quantitative estimate of drug-likeness (QED) is 0.758. The second-order valence-electron chi connectivity index (χ2n) is 3.95. The summed E-state index contributed by atoms with van der Waals surface area (Å²) < 4.78 is 6.57. The van der Waals surface area contributed by atoms with E-state index in [0.29, 0.717) is 12.3 Å². The Morgan fingerprint density at radius 3 is 2.56 bits per heavy atom. The van der Waals surface area contributed by atoms with Crippen LogP contribution in [0.2, 0.25) is 0 Å². The highest BCUT2D eigenvalue weighted by molar-refractivity contribution is 5.74. The molecule has 0 aliphatic carbocycles. The second-order valence-corrected chi connectivity index (χ2v) is 3.95. The minimum absolute atomic E-state index is 0.402. The highest BCUT2D eigenvalue weighted by Crippen LogP contribution is 2.12. The van der Waals surface area contributed by atoms with E-state index >= 15 is 0 Å². The lowest BCUT2D eigenvalue weighted by atomic mass is 10.2. The summed E-state index contributed by atoms with van der Waals surface area (Å²) in [5.74, 6) is 0.809. The standard InChI is InChI=1S/C14H15NO3/c1-11-7-8-15(14(11)9-16)18-10-12-3-5-13(17-2)6-4-12/h3-9H,10H2,1-2H3. The van der Waals surface area contributed by atoms with Crippen LogP contribution in [0.25, 0.3) is 0 Å². The maximum Gasteiger partial charge on any atom is 0.170 e. The van der Waals surface area contributed by atoms with Crippen LogP contribution in [0.5, 0.6) is 5.75 Å². The summed E-state index contributed by atoms with van der Waals surface area (Å²) in [6, 6.07) is 9.45. The van der Waals surface area contributed by atoms with Gasteiger partial charge in [0.15, 0.2) is 6.29 Å². The summed E-state index contributed by atoms with van der Waals surface area (Å²) in [6.45, 7) is 2.27. The predicted molar refractivity (Wildman–Crippen MR) is 67.8 cm³/mol. The molecule has 0 radical (unpaired) electrons. The highest BCUT2D eigenvalue weighted by atomic mass is 16.7. The fourth-order valence-corrected chi connectivity index (χ4v) is 1.64. The molecule has 0 fully saturated rings. The zero-order valence-corrected chi connectivity index (χ0v) is 10.4. The number of benzene rings is 1. The van der Waals surface area contributed by atoms with Crippen LogP contribution in [0, 0.1) is 6.92 Å². The largest absolute Gasteiger partial charge is 0.497 e. The maximum absolute atomic E-state index is 10.9. The van der Waals surface area contributed by atoms with Gasteiger partial charge in [0.1, 0.15) is 18.1 Å². The molecule has 94 valence electrons. The Morgan fingerprint density at radius 1 is 1.22 bits per heavy atom. The molecule has 0 bridgehead atoms. The van der Waals surface area contributed by atoms with Gasteiger partial charge in [-0.1, -0.05) is 12.1 Å². The zero-order chi connectivity index (χ0) is 13.0. The third kappa shape index (κ3) is 2.53. The summed E-state index contributed by atoms with van der Waals surface area (Å²) in [5, 5.41) is 0. The third-order valence-corrected chi connectivity index (χ3v) is 2.74. The summed E-state index contributed by atoms with van der Waals surface area (Å²) in [5.41, 5.74) is 2.46. The molecule has 0 aliphatic rings. The van der Waals surface area contributed by atoms with Crippen LogP contribution in [0.15, 0.2) is 36.5 Å².